The molecule has 0 N–H and O–H groups in total. The molecule has 0 saturated carbocycles. The first kappa shape index (κ1) is 47.8. The Morgan fingerprint density at radius 1 is 0.558 bits per heavy atom. The van der Waals surface area contributed by atoms with Gasteiger partial charge in [-0.3, -0.25) is 0 Å². The molecule has 0 aromatic heterocycles. The van der Waals surface area contributed by atoms with Crippen molar-refractivity contribution in [2.24, 2.45) is 10.8 Å². The molecule has 0 heterocycles. The molecule has 0 amide bonds. The van der Waals surface area contributed by atoms with E-state index < -0.39 is 22.8 Å². The molecule has 6 nitrogen and oxygen atoms in total. The molecule has 0 aliphatic carbocycles. The minimum atomic E-state index is -0.947. The van der Waals surface area contributed by atoms with E-state index in [1.165, 1.54) is 25.7 Å². The van der Waals surface area contributed by atoms with Gasteiger partial charge in [0.05, 0.1) is 0 Å². The molecular weight excluding hydrogens is 687 g/mol. The van der Waals surface area contributed by atoms with Gasteiger partial charge in [-0.05, 0) is 52.4 Å². The average molecular weight is 756 g/mol. The normalized spacial score (nSPS) is 13.4. The van der Waals surface area contributed by atoms with Crippen LogP contribution in [0.15, 0.2) is 0 Å². The molecule has 0 aliphatic heterocycles. The number of hydrogen-bond donors (Lipinski definition) is 2. The van der Waals surface area contributed by atoms with Crippen molar-refractivity contribution < 1.29 is 29.3 Å². The Balaban J connectivity index is -0.000000586. The molecule has 9 heteroatoms. The van der Waals surface area contributed by atoms with Crippen LogP contribution in [-0.4, -0.2) is 71.0 Å². The van der Waals surface area contributed by atoms with Gasteiger partial charge in [-0.25, -0.2) is 0 Å². The van der Waals surface area contributed by atoms with Crippen molar-refractivity contribution in [3.63, 3.8) is 0 Å². The zero-order valence-corrected chi connectivity index (χ0v) is 33.5. The molecule has 0 rings (SSSR count). The van der Waals surface area contributed by atoms with Gasteiger partial charge in [0.2, 0.25) is 0 Å². The predicted molar refractivity (Wildman–Crippen MR) is 188 cm³/mol. The van der Waals surface area contributed by atoms with Crippen molar-refractivity contribution >= 4 is 58.3 Å². The maximum absolute atomic E-state index is 11.3. The van der Waals surface area contributed by atoms with Crippen LogP contribution in [-0.2, 0) is 19.1 Å². The van der Waals surface area contributed by atoms with Crippen molar-refractivity contribution in [3.05, 3.63) is 0 Å². The summed E-state index contributed by atoms with van der Waals surface area (Å²) in [6.45, 7) is 15.5. The van der Waals surface area contributed by atoms with Gasteiger partial charge >= 0.3 is 69.5 Å². The van der Waals surface area contributed by atoms with Gasteiger partial charge in [-0.2, -0.15) is 25.3 Å². The molecular formula is C34H68O6S2Sn. The molecule has 43 heavy (non-hydrogen) atoms. The van der Waals surface area contributed by atoms with Gasteiger partial charge in [0, 0.05) is 60.7 Å². The second kappa shape index (κ2) is 35.2. The summed E-state index contributed by atoms with van der Waals surface area (Å²) in [6, 6.07) is 0. The van der Waals surface area contributed by atoms with Crippen LogP contribution in [0.25, 0.3) is 0 Å². The van der Waals surface area contributed by atoms with Crippen molar-refractivity contribution in [3.8, 4) is 0 Å². The van der Waals surface area contributed by atoms with Gasteiger partial charge in [0.15, 0.2) is 0 Å². The fraction of sp³-hybridized carbons (Fsp3) is 0.941. The molecule has 2 atom stereocenters. The van der Waals surface area contributed by atoms with E-state index in [2.05, 4.69) is 53.0 Å². The molecule has 2 unspecified atom stereocenters. The number of aliphatic carboxylic acids is 2. The van der Waals surface area contributed by atoms with Gasteiger partial charge in [0.1, 0.15) is 0 Å². The van der Waals surface area contributed by atoms with E-state index in [0.717, 1.165) is 51.4 Å². The van der Waals surface area contributed by atoms with Crippen LogP contribution in [0, 0.1) is 10.8 Å². The monoisotopic (exact) mass is 756 g/mol. The van der Waals surface area contributed by atoms with E-state index in [9.17, 15) is 19.8 Å². The third-order valence-corrected chi connectivity index (χ3v) is 12.9. The third-order valence-electron chi connectivity index (χ3n) is 7.70. The van der Waals surface area contributed by atoms with Crippen molar-refractivity contribution in [1.82, 2.24) is 0 Å². The van der Waals surface area contributed by atoms with Crippen LogP contribution in [0.1, 0.15) is 144 Å². The first-order valence-corrected chi connectivity index (χ1v) is 22.5. The SMILES string of the molecule is CCCCC(CS)(CCCCOCC)C(=O)[O-].CCCCC(CS)(CCCCOCC)C(=O)[O-].CCC[CH2][Sn+2][CH2]CCC. The number of ether oxygens (including phenoxy) is 2. The fourth-order valence-electron chi connectivity index (χ4n) is 4.49. The standard InChI is InChI=1S/2C13H26O3S.2C4H9.Sn/c2*1-3-5-8-13(11-17,12(14)15)9-6-7-10-16-4-2;2*1-3-4-2;/h2*17H,3-11H2,1-2H3,(H,14,15);2*1,3-4H2,2H3;/q;;;;+2/p-2. The van der Waals surface area contributed by atoms with E-state index >= 15 is 0 Å². The van der Waals surface area contributed by atoms with Gasteiger partial charge in [-0.15, -0.1) is 0 Å². The number of carboxylic acids is 2. The summed E-state index contributed by atoms with van der Waals surface area (Å²) in [7, 11) is 0. The Bertz CT molecular complexity index is 563. The first-order chi connectivity index (χ1) is 20.7. The molecule has 0 saturated heterocycles. The number of thiol groups is 2. The van der Waals surface area contributed by atoms with E-state index in [-0.39, 0.29) is 21.1 Å². The minimum absolute atomic E-state index is 0.149. The van der Waals surface area contributed by atoms with Crippen LogP contribution in [0.2, 0.25) is 8.87 Å². The second-order valence-corrected chi connectivity index (χ2v) is 16.3. The fourth-order valence-corrected chi connectivity index (χ4v) is 9.54. The number of carbonyl (C=O) groups is 2. The number of unbranched alkanes of at least 4 members (excludes halogenated alkanes) is 6. The number of hydrogen-bond acceptors (Lipinski definition) is 8. The molecule has 0 aliphatic rings. The molecule has 256 valence electrons. The second-order valence-electron chi connectivity index (χ2n) is 11.4. The van der Waals surface area contributed by atoms with Crippen LogP contribution in [0.4, 0.5) is 0 Å². The summed E-state index contributed by atoms with van der Waals surface area (Å²) >= 11 is 8.56. The predicted octanol–water partition coefficient (Wildman–Crippen LogP) is 7.23. The number of rotatable bonds is 28. The summed E-state index contributed by atoms with van der Waals surface area (Å²) in [5.74, 6) is -1.16. The van der Waals surface area contributed by atoms with Gasteiger partial charge < -0.3 is 29.3 Å². The zero-order chi connectivity index (χ0) is 33.2. The molecule has 0 radical (unpaired) electrons. The maximum atomic E-state index is 11.3. The summed E-state index contributed by atoms with van der Waals surface area (Å²) < 4.78 is 13.7. The van der Waals surface area contributed by atoms with Crippen LogP contribution >= 0.6 is 25.3 Å². The Hall–Kier alpha value is 0.359. The van der Waals surface area contributed by atoms with Crippen LogP contribution < -0.4 is 10.2 Å². The topological polar surface area (TPSA) is 98.7 Å². The molecule has 0 spiro atoms. The average Bonchev–Trinajstić information content (AvgIpc) is 3.00. The Morgan fingerprint density at radius 3 is 1.14 bits per heavy atom. The first-order valence-electron chi connectivity index (χ1n) is 17.2. The van der Waals surface area contributed by atoms with Crippen LogP contribution in [0.3, 0.4) is 0 Å². The van der Waals surface area contributed by atoms with E-state index in [0.29, 0.717) is 63.6 Å². The van der Waals surface area contributed by atoms with Crippen molar-refractivity contribution in [1.29, 1.82) is 0 Å². The molecule has 0 bridgehead atoms. The quantitative estimate of drug-likeness (QED) is 0.0497. The van der Waals surface area contributed by atoms with Gasteiger partial charge in [-0.1, -0.05) is 52.4 Å². The van der Waals surface area contributed by atoms with E-state index in [1.54, 1.807) is 8.87 Å². The molecule has 0 aromatic carbocycles. The Morgan fingerprint density at radius 2 is 0.884 bits per heavy atom. The van der Waals surface area contributed by atoms with Crippen LogP contribution in [0.5, 0.6) is 0 Å². The summed E-state index contributed by atoms with van der Waals surface area (Å²) in [5, 5.41) is 22.6. The van der Waals surface area contributed by atoms with Crippen molar-refractivity contribution in [2.75, 3.05) is 37.9 Å². The Kier molecular flexibility index (Phi) is 39.1. The summed E-state index contributed by atoms with van der Waals surface area (Å²) in [4.78, 5) is 22.6. The Labute approximate surface area is 288 Å². The zero-order valence-electron chi connectivity index (χ0n) is 28.8. The number of carboxylic acid groups (broad SMARTS) is 2. The van der Waals surface area contributed by atoms with Gasteiger partial charge in [0.25, 0.3) is 0 Å². The summed E-state index contributed by atoms with van der Waals surface area (Å²) in [6.07, 6.45) is 15.8. The van der Waals surface area contributed by atoms with E-state index in [4.69, 9.17) is 9.47 Å². The third kappa shape index (κ3) is 27.2. The number of carbonyl (C=O) groups excluding carboxylic acids is 2. The molecule has 0 fully saturated rings. The van der Waals surface area contributed by atoms with E-state index in [1.807, 2.05) is 13.8 Å². The molecule has 0 aromatic rings. The summed E-state index contributed by atoms with van der Waals surface area (Å²) in [5.41, 5.74) is -1.49. The van der Waals surface area contributed by atoms with Crippen molar-refractivity contribution in [2.45, 2.75) is 153 Å².